The molecule has 0 fully saturated rings. The summed E-state index contributed by atoms with van der Waals surface area (Å²) in [4.78, 5) is 12.2. The Morgan fingerprint density at radius 1 is 1.27 bits per heavy atom. The first-order chi connectivity index (χ1) is 12.2. The van der Waals surface area contributed by atoms with E-state index in [1.807, 2.05) is 6.07 Å². The molecule has 0 atom stereocenters. The normalized spacial score (nSPS) is 11.6. The fraction of sp³-hybridized carbons (Fsp3) is 0.167. The van der Waals surface area contributed by atoms with Crippen LogP contribution in [0, 0.1) is 29.6 Å². The molecule has 0 aliphatic rings. The monoisotopic (exact) mass is 358 g/mol. The van der Waals surface area contributed by atoms with Crippen molar-refractivity contribution in [3.8, 4) is 12.1 Å². The van der Waals surface area contributed by atoms with Crippen LogP contribution in [0.2, 0.25) is 0 Å². The van der Waals surface area contributed by atoms with E-state index < -0.39 is 17.6 Å². The summed E-state index contributed by atoms with van der Waals surface area (Å²) >= 11 is 0. The predicted molar refractivity (Wildman–Crippen MR) is 88.5 cm³/mol. The number of benzene rings is 1. The fourth-order valence-corrected chi connectivity index (χ4v) is 2.25. The Kier molecular flexibility index (Phi) is 5.18. The number of carbonyl (C=O) groups is 1. The number of nitriles is 2. The van der Waals surface area contributed by atoms with Gasteiger partial charge in [-0.2, -0.15) is 23.7 Å². The van der Waals surface area contributed by atoms with Crippen LogP contribution >= 0.6 is 0 Å². The summed E-state index contributed by atoms with van der Waals surface area (Å²) in [7, 11) is 1.67. The van der Waals surface area contributed by atoms with E-state index in [9.17, 15) is 23.2 Å². The molecule has 1 heterocycles. The highest BCUT2D eigenvalue weighted by Gasteiger charge is 2.30. The van der Waals surface area contributed by atoms with E-state index in [4.69, 9.17) is 5.26 Å². The number of aromatic nitrogens is 1. The summed E-state index contributed by atoms with van der Waals surface area (Å²) in [5, 5.41) is 20.5. The number of alkyl halides is 3. The summed E-state index contributed by atoms with van der Waals surface area (Å²) in [5.74, 6) is -0.839. The second-order valence-corrected chi connectivity index (χ2v) is 5.44. The van der Waals surface area contributed by atoms with E-state index in [0.29, 0.717) is 17.0 Å². The van der Waals surface area contributed by atoms with Crippen molar-refractivity contribution in [1.29, 1.82) is 10.5 Å². The molecule has 26 heavy (non-hydrogen) atoms. The summed E-state index contributed by atoms with van der Waals surface area (Å²) in [6.45, 7) is 1.71. The van der Waals surface area contributed by atoms with Crippen molar-refractivity contribution in [1.82, 2.24) is 4.57 Å². The van der Waals surface area contributed by atoms with Crippen molar-refractivity contribution in [3.63, 3.8) is 0 Å². The van der Waals surface area contributed by atoms with Crippen LogP contribution in [-0.2, 0) is 18.0 Å². The van der Waals surface area contributed by atoms with Gasteiger partial charge in [0, 0.05) is 18.4 Å². The largest absolute Gasteiger partial charge is 0.416 e. The summed E-state index contributed by atoms with van der Waals surface area (Å²) < 4.78 is 39.8. The molecule has 132 valence electrons. The quantitative estimate of drug-likeness (QED) is 0.670. The molecular weight excluding hydrogens is 345 g/mol. The molecule has 0 radical (unpaired) electrons. The first-order valence-electron chi connectivity index (χ1n) is 7.34. The van der Waals surface area contributed by atoms with Gasteiger partial charge in [0.05, 0.1) is 5.56 Å². The maximum absolute atomic E-state index is 12.7. The number of nitrogens with zero attached hydrogens (tertiary/aromatic N) is 3. The first-order valence-corrected chi connectivity index (χ1v) is 7.34. The molecule has 1 aromatic carbocycles. The number of hydrogen-bond acceptors (Lipinski definition) is 3. The first kappa shape index (κ1) is 18.8. The molecule has 8 heteroatoms. The lowest BCUT2D eigenvalue weighted by Gasteiger charge is -2.09. The standard InChI is InChI=1S/C18H13F3N4O/c1-11-12(7-16(10-23)25(11)2)6-13(9-22)17(26)24-15-5-3-4-14(8-15)18(19,20)21/h3-8H,1-2H3,(H,24,26)/b13-6+. The van der Waals surface area contributed by atoms with E-state index in [1.165, 1.54) is 18.2 Å². The van der Waals surface area contributed by atoms with E-state index in [0.717, 1.165) is 18.2 Å². The van der Waals surface area contributed by atoms with Crippen molar-refractivity contribution in [2.45, 2.75) is 13.1 Å². The molecule has 2 rings (SSSR count). The molecule has 0 aliphatic carbocycles. The van der Waals surface area contributed by atoms with E-state index in [-0.39, 0.29) is 11.3 Å². The Labute approximate surface area is 147 Å². The smallest absolute Gasteiger partial charge is 0.339 e. The van der Waals surface area contributed by atoms with Crippen molar-refractivity contribution in [2.75, 3.05) is 5.32 Å². The average Bonchev–Trinajstić information content (AvgIpc) is 2.86. The van der Waals surface area contributed by atoms with Gasteiger partial charge in [0.1, 0.15) is 23.4 Å². The minimum atomic E-state index is -4.54. The predicted octanol–water partition coefficient (Wildman–Crippen LogP) is 3.77. The topological polar surface area (TPSA) is 81.6 Å². The summed E-state index contributed by atoms with van der Waals surface area (Å²) in [6, 6.07) is 9.35. The van der Waals surface area contributed by atoms with Gasteiger partial charge in [-0.3, -0.25) is 4.79 Å². The highest BCUT2D eigenvalue weighted by atomic mass is 19.4. The summed E-state index contributed by atoms with van der Waals surface area (Å²) in [5.41, 5.74) is 0.245. The Balaban J connectivity index is 2.31. The second-order valence-electron chi connectivity index (χ2n) is 5.44. The maximum atomic E-state index is 12.7. The number of hydrogen-bond donors (Lipinski definition) is 1. The van der Waals surface area contributed by atoms with Crippen LogP contribution in [0.4, 0.5) is 18.9 Å². The number of anilines is 1. The second kappa shape index (κ2) is 7.16. The van der Waals surface area contributed by atoms with E-state index in [2.05, 4.69) is 5.32 Å². The van der Waals surface area contributed by atoms with Crippen LogP contribution in [0.15, 0.2) is 35.9 Å². The minimum absolute atomic E-state index is 0.0755. The van der Waals surface area contributed by atoms with Gasteiger partial charge in [0.15, 0.2) is 0 Å². The SMILES string of the molecule is Cc1c(/C=C(\C#N)C(=O)Nc2cccc(C(F)(F)F)c2)cc(C#N)n1C. The Morgan fingerprint density at radius 3 is 2.50 bits per heavy atom. The zero-order valence-corrected chi connectivity index (χ0v) is 13.8. The lowest BCUT2D eigenvalue weighted by molar-refractivity contribution is -0.137. The van der Waals surface area contributed by atoms with Crippen LogP contribution in [-0.4, -0.2) is 10.5 Å². The van der Waals surface area contributed by atoms with Crippen LogP contribution < -0.4 is 5.32 Å². The zero-order chi connectivity index (χ0) is 19.5. The molecule has 2 aromatic rings. The van der Waals surface area contributed by atoms with E-state index in [1.54, 1.807) is 24.6 Å². The lowest BCUT2D eigenvalue weighted by atomic mass is 10.1. The van der Waals surface area contributed by atoms with Gasteiger partial charge < -0.3 is 9.88 Å². The Morgan fingerprint density at radius 2 is 1.96 bits per heavy atom. The van der Waals surface area contributed by atoms with Gasteiger partial charge in [-0.15, -0.1) is 0 Å². The van der Waals surface area contributed by atoms with E-state index >= 15 is 0 Å². The number of amides is 1. The number of nitrogens with one attached hydrogen (secondary N) is 1. The van der Waals surface area contributed by atoms with Crippen LogP contribution in [0.3, 0.4) is 0 Å². The third-order valence-electron chi connectivity index (χ3n) is 3.80. The number of halogens is 3. The van der Waals surface area contributed by atoms with Crippen molar-refractivity contribution in [2.24, 2.45) is 7.05 Å². The van der Waals surface area contributed by atoms with Crippen molar-refractivity contribution in [3.05, 3.63) is 58.4 Å². The molecule has 1 N–H and O–H groups in total. The molecular formula is C18H13F3N4O. The highest BCUT2D eigenvalue weighted by molar-refractivity contribution is 6.09. The molecule has 1 aromatic heterocycles. The average molecular weight is 358 g/mol. The molecule has 5 nitrogen and oxygen atoms in total. The Bertz CT molecular complexity index is 972. The molecule has 0 bridgehead atoms. The maximum Gasteiger partial charge on any atom is 0.416 e. The molecule has 0 saturated carbocycles. The number of carbonyl (C=O) groups excluding carboxylic acids is 1. The van der Waals surface area contributed by atoms with Gasteiger partial charge in [-0.05, 0) is 42.8 Å². The zero-order valence-electron chi connectivity index (χ0n) is 13.8. The highest BCUT2D eigenvalue weighted by Crippen LogP contribution is 2.30. The van der Waals surface area contributed by atoms with Crippen molar-refractivity contribution < 1.29 is 18.0 Å². The van der Waals surface area contributed by atoms with Gasteiger partial charge in [-0.1, -0.05) is 6.07 Å². The third-order valence-corrected chi connectivity index (χ3v) is 3.80. The third kappa shape index (κ3) is 3.93. The molecule has 0 aliphatic heterocycles. The fourth-order valence-electron chi connectivity index (χ4n) is 2.25. The summed E-state index contributed by atoms with van der Waals surface area (Å²) in [6.07, 6.45) is -3.25. The molecule has 1 amide bonds. The molecule has 0 saturated heterocycles. The molecule has 0 unspecified atom stereocenters. The van der Waals surface area contributed by atoms with Gasteiger partial charge >= 0.3 is 6.18 Å². The Hall–Kier alpha value is -3.52. The van der Waals surface area contributed by atoms with Crippen LogP contribution in [0.5, 0.6) is 0 Å². The van der Waals surface area contributed by atoms with Crippen molar-refractivity contribution >= 4 is 17.7 Å². The van der Waals surface area contributed by atoms with Gasteiger partial charge in [0.25, 0.3) is 5.91 Å². The van der Waals surface area contributed by atoms with Gasteiger partial charge in [-0.25, -0.2) is 0 Å². The molecule has 0 spiro atoms. The lowest BCUT2D eigenvalue weighted by Crippen LogP contribution is -2.14. The van der Waals surface area contributed by atoms with Crippen LogP contribution in [0.1, 0.15) is 22.5 Å². The van der Waals surface area contributed by atoms with Crippen LogP contribution in [0.25, 0.3) is 6.08 Å². The number of rotatable bonds is 3. The minimum Gasteiger partial charge on any atom is -0.339 e. The van der Waals surface area contributed by atoms with Gasteiger partial charge in [0.2, 0.25) is 0 Å².